The van der Waals surface area contributed by atoms with E-state index < -0.39 is 11.9 Å². The minimum absolute atomic E-state index is 0.0199. The number of amides is 1. The van der Waals surface area contributed by atoms with Crippen molar-refractivity contribution in [3.8, 4) is 0 Å². The minimum Gasteiger partial charge on any atom is -0.462 e. The number of aliphatic hydroxyl groups is 1. The largest absolute Gasteiger partial charge is 0.462 e. The van der Waals surface area contributed by atoms with Crippen molar-refractivity contribution in [1.82, 2.24) is 0 Å². The molecule has 0 aliphatic heterocycles. The SMILES string of the molecule is C=CC(=O)Nc1cc(NCCO)ccc1C(=O)OCC. The average molecular weight is 278 g/mol. The highest BCUT2D eigenvalue weighted by Gasteiger charge is 2.14. The molecule has 1 aromatic carbocycles. The van der Waals surface area contributed by atoms with Crippen LogP contribution >= 0.6 is 0 Å². The highest BCUT2D eigenvalue weighted by atomic mass is 16.5. The molecule has 0 aromatic heterocycles. The Kier molecular flexibility index (Phi) is 6.25. The Hall–Kier alpha value is -2.34. The fourth-order valence-corrected chi connectivity index (χ4v) is 1.53. The van der Waals surface area contributed by atoms with E-state index in [0.29, 0.717) is 17.9 Å². The van der Waals surface area contributed by atoms with Crippen molar-refractivity contribution in [1.29, 1.82) is 0 Å². The molecule has 20 heavy (non-hydrogen) atoms. The summed E-state index contributed by atoms with van der Waals surface area (Å²) in [6.07, 6.45) is 1.11. The highest BCUT2D eigenvalue weighted by Crippen LogP contribution is 2.22. The lowest BCUT2D eigenvalue weighted by molar-refractivity contribution is -0.111. The van der Waals surface area contributed by atoms with Crippen LogP contribution in [0, 0.1) is 0 Å². The molecule has 1 aromatic rings. The lowest BCUT2D eigenvalue weighted by Gasteiger charge is -2.12. The van der Waals surface area contributed by atoms with Crippen LogP contribution in [0.3, 0.4) is 0 Å². The topological polar surface area (TPSA) is 87.7 Å². The first-order valence-corrected chi connectivity index (χ1v) is 6.21. The first-order valence-electron chi connectivity index (χ1n) is 6.21. The van der Waals surface area contributed by atoms with E-state index >= 15 is 0 Å². The number of carbonyl (C=O) groups excluding carboxylic acids is 2. The quantitative estimate of drug-likeness (QED) is 0.518. The Morgan fingerprint density at radius 2 is 2.20 bits per heavy atom. The van der Waals surface area contributed by atoms with Crippen LogP contribution in [-0.4, -0.2) is 36.7 Å². The third-order valence-electron chi connectivity index (χ3n) is 2.40. The van der Waals surface area contributed by atoms with Crippen LogP contribution in [0.4, 0.5) is 11.4 Å². The predicted octanol–water partition coefficient (Wildman–Crippen LogP) is 1.39. The first-order chi connectivity index (χ1) is 9.62. The van der Waals surface area contributed by atoms with Gasteiger partial charge in [-0.2, -0.15) is 0 Å². The van der Waals surface area contributed by atoms with Crippen LogP contribution < -0.4 is 10.6 Å². The number of hydrogen-bond acceptors (Lipinski definition) is 5. The number of aliphatic hydroxyl groups excluding tert-OH is 1. The van der Waals surface area contributed by atoms with E-state index in [1.807, 2.05) is 0 Å². The predicted molar refractivity (Wildman–Crippen MR) is 76.8 cm³/mol. The number of anilines is 2. The van der Waals surface area contributed by atoms with Crippen LogP contribution in [0.5, 0.6) is 0 Å². The average Bonchev–Trinajstić information content (AvgIpc) is 2.45. The molecular weight excluding hydrogens is 260 g/mol. The zero-order valence-corrected chi connectivity index (χ0v) is 11.3. The number of nitrogens with one attached hydrogen (secondary N) is 2. The molecule has 0 fully saturated rings. The fraction of sp³-hybridized carbons (Fsp3) is 0.286. The molecule has 0 bridgehead atoms. The fourth-order valence-electron chi connectivity index (χ4n) is 1.53. The number of esters is 1. The van der Waals surface area contributed by atoms with Gasteiger partial charge in [0.1, 0.15) is 0 Å². The summed E-state index contributed by atoms with van der Waals surface area (Å²) in [5, 5.41) is 14.3. The minimum atomic E-state index is -0.513. The summed E-state index contributed by atoms with van der Waals surface area (Å²) in [7, 11) is 0. The normalized spacial score (nSPS) is 9.70. The monoisotopic (exact) mass is 278 g/mol. The Balaban J connectivity index is 3.05. The van der Waals surface area contributed by atoms with Gasteiger partial charge in [-0.3, -0.25) is 4.79 Å². The summed E-state index contributed by atoms with van der Waals surface area (Å²) in [6, 6.07) is 4.82. The van der Waals surface area contributed by atoms with Gasteiger partial charge in [0.25, 0.3) is 0 Å². The highest BCUT2D eigenvalue weighted by molar-refractivity contribution is 6.05. The Bertz CT molecular complexity index is 500. The zero-order valence-electron chi connectivity index (χ0n) is 11.3. The van der Waals surface area contributed by atoms with E-state index in [0.717, 1.165) is 6.08 Å². The van der Waals surface area contributed by atoms with Gasteiger partial charge in [0.2, 0.25) is 5.91 Å². The molecule has 6 heteroatoms. The van der Waals surface area contributed by atoms with Gasteiger partial charge in [-0.05, 0) is 31.2 Å². The molecule has 0 saturated heterocycles. The molecule has 108 valence electrons. The van der Waals surface area contributed by atoms with E-state index in [9.17, 15) is 9.59 Å². The maximum absolute atomic E-state index is 11.8. The smallest absolute Gasteiger partial charge is 0.340 e. The molecule has 3 N–H and O–H groups in total. The number of rotatable bonds is 7. The number of carbonyl (C=O) groups is 2. The standard InChI is InChI=1S/C14H18N2O4/c1-3-13(18)16-12-9-10(15-7-8-17)5-6-11(12)14(19)20-4-2/h3,5-6,9,15,17H,1,4,7-8H2,2H3,(H,16,18). The van der Waals surface area contributed by atoms with Crippen molar-refractivity contribution >= 4 is 23.3 Å². The van der Waals surface area contributed by atoms with Crippen molar-refractivity contribution in [3.05, 3.63) is 36.4 Å². The van der Waals surface area contributed by atoms with Gasteiger partial charge in [-0.1, -0.05) is 6.58 Å². The van der Waals surface area contributed by atoms with Gasteiger partial charge < -0.3 is 20.5 Å². The number of hydrogen-bond donors (Lipinski definition) is 3. The zero-order chi connectivity index (χ0) is 15.0. The number of ether oxygens (including phenoxy) is 1. The molecule has 0 spiro atoms. The van der Waals surface area contributed by atoms with Gasteiger partial charge in [-0.15, -0.1) is 0 Å². The third-order valence-corrected chi connectivity index (χ3v) is 2.40. The van der Waals surface area contributed by atoms with Gasteiger partial charge >= 0.3 is 5.97 Å². The van der Waals surface area contributed by atoms with Gasteiger partial charge in [0, 0.05) is 12.2 Å². The van der Waals surface area contributed by atoms with E-state index in [-0.39, 0.29) is 18.8 Å². The van der Waals surface area contributed by atoms with Crippen LogP contribution in [0.2, 0.25) is 0 Å². The van der Waals surface area contributed by atoms with Crippen LogP contribution in [0.25, 0.3) is 0 Å². The second kappa shape index (κ2) is 7.96. The van der Waals surface area contributed by atoms with Crippen molar-refractivity contribution in [2.24, 2.45) is 0 Å². The van der Waals surface area contributed by atoms with Crippen LogP contribution in [0.15, 0.2) is 30.9 Å². The Labute approximate surface area is 117 Å². The number of benzene rings is 1. The lowest BCUT2D eigenvalue weighted by atomic mass is 10.1. The Morgan fingerprint density at radius 3 is 2.80 bits per heavy atom. The second-order valence-corrected chi connectivity index (χ2v) is 3.82. The first kappa shape index (κ1) is 15.7. The van der Waals surface area contributed by atoms with Crippen molar-refractivity contribution in [2.45, 2.75) is 6.92 Å². The van der Waals surface area contributed by atoms with E-state index in [1.54, 1.807) is 25.1 Å². The molecule has 0 atom stereocenters. The Morgan fingerprint density at radius 1 is 1.45 bits per heavy atom. The maximum atomic E-state index is 11.8. The van der Waals surface area contributed by atoms with Gasteiger partial charge in [0.05, 0.1) is 24.5 Å². The summed E-state index contributed by atoms with van der Waals surface area (Å²) >= 11 is 0. The van der Waals surface area contributed by atoms with E-state index in [1.165, 1.54) is 0 Å². The van der Waals surface area contributed by atoms with Crippen molar-refractivity contribution in [2.75, 3.05) is 30.4 Å². The molecule has 1 amide bonds. The van der Waals surface area contributed by atoms with Crippen molar-refractivity contribution < 1.29 is 19.4 Å². The molecule has 0 unspecified atom stereocenters. The molecule has 6 nitrogen and oxygen atoms in total. The molecule has 0 saturated carbocycles. The lowest BCUT2D eigenvalue weighted by Crippen LogP contribution is -2.14. The van der Waals surface area contributed by atoms with Crippen LogP contribution in [-0.2, 0) is 9.53 Å². The van der Waals surface area contributed by atoms with Crippen molar-refractivity contribution in [3.63, 3.8) is 0 Å². The maximum Gasteiger partial charge on any atom is 0.340 e. The van der Waals surface area contributed by atoms with Gasteiger partial charge in [-0.25, -0.2) is 4.79 Å². The van der Waals surface area contributed by atoms with Gasteiger partial charge in [0.15, 0.2) is 0 Å². The molecule has 0 heterocycles. The molecule has 0 aliphatic carbocycles. The summed E-state index contributed by atoms with van der Waals surface area (Å²) < 4.78 is 4.93. The molecule has 0 aliphatic rings. The summed E-state index contributed by atoms with van der Waals surface area (Å²) in [5.74, 6) is -0.935. The summed E-state index contributed by atoms with van der Waals surface area (Å²) in [5.41, 5.74) is 1.26. The van der Waals surface area contributed by atoms with E-state index in [4.69, 9.17) is 9.84 Å². The second-order valence-electron chi connectivity index (χ2n) is 3.82. The molecular formula is C14H18N2O4. The molecule has 1 rings (SSSR count). The summed E-state index contributed by atoms with van der Waals surface area (Å²) in [4.78, 5) is 23.2. The van der Waals surface area contributed by atoms with Crippen LogP contribution in [0.1, 0.15) is 17.3 Å². The molecule has 0 radical (unpaired) electrons. The summed E-state index contributed by atoms with van der Waals surface area (Å²) in [6.45, 7) is 5.67. The third kappa shape index (κ3) is 4.40. The van der Waals surface area contributed by atoms with E-state index in [2.05, 4.69) is 17.2 Å².